The maximum Gasteiger partial charge on any atom is 0 e. The molecule has 0 bridgehead atoms. The second-order valence-corrected chi connectivity index (χ2v) is 1.37. The first-order chi connectivity index (χ1) is 2.27. The van der Waals surface area contributed by atoms with Crippen LogP contribution < -0.4 is 0 Å². The molecule has 0 nitrogen and oxygen atoms in total. The molecule has 0 spiro atoms. The number of hydrogen-bond donors (Lipinski definition) is 0. The van der Waals surface area contributed by atoms with Crippen molar-refractivity contribution < 1.29 is 0 Å². The molecule has 0 aliphatic rings. The molecule has 0 unspecified atom stereocenters. The van der Waals surface area contributed by atoms with Crippen LogP contribution in [0.4, 0.5) is 0 Å². The summed E-state index contributed by atoms with van der Waals surface area (Å²) >= 11 is 0. The van der Waals surface area contributed by atoms with Crippen molar-refractivity contribution in [2.45, 2.75) is 20.8 Å². The molecule has 0 atom stereocenters. The van der Waals surface area contributed by atoms with E-state index in [2.05, 4.69) is 19.9 Å². The van der Waals surface area contributed by atoms with Gasteiger partial charge in [0, 0.05) is 11.0 Å². The van der Waals surface area contributed by atoms with Crippen molar-refractivity contribution in [3.63, 3.8) is 0 Å². The fourth-order valence-electron chi connectivity index (χ4n) is 0. The van der Waals surface area contributed by atoms with Gasteiger partial charge in [-0.25, -0.2) is 0 Å². The Morgan fingerprint density at radius 2 is 1.50 bits per heavy atom. The maximum atomic E-state index is 2.08. The van der Waals surface area contributed by atoms with E-state index in [1.54, 1.807) is 0 Å². The third kappa shape index (κ3) is 9.03. The summed E-state index contributed by atoms with van der Waals surface area (Å²) in [6.45, 7) is 6.20. The van der Waals surface area contributed by atoms with Crippen molar-refractivity contribution >= 4 is 11.0 Å². The molecule has 0 aliphatic heterocycles. The topological polar surface area (TPSA) is 0 Å². The number of hydrogen-bond acceptors (Lipinski definition) is 0. The average Bonchev–Trinajstić information content (AvgIpc) is 1.38. The minimum atomic E-state index is 0. The predicted molar refractivity (Wildman–Crippen MR) is 30.9 cm³/mol. The van der Waals surface area contributed by atoms with Crippen molar-refractivity contribution in [1.82, 2.24) is 0 Å². The van der Waals surface area contributed by atoms with E-state index < -0.39 is 0 Å². The van der Waals surface area contributed by atoms with E-state index in [1.165, 1.54) is 5.57 Å². The van der Waals surface area contributed by atoms with E-state index in [9.17, 15) is 0 Å². The number of rotatable bonds is 0. The van der Waals surface area contributed by atoms with Crippen LogP contribution in [0.5, 0.6) is 0 Å². The highest BCUT2D eigenvalue weighted by molar-refractivity contribution is 5.75. The summed E-state index contributed by atoms with van der Waals surface area (Å²) in [6.07, 6.45) is 2.08. The second kappa shape index (κ2) is 4.96. The van der Waals surface area contributed by atoms with Crippen LogP contribution in [0.15, 0.2) is 11.6 Å². The molecular formula is C5H10Si. The lowest BCUT2D eigenvalue weighted by molar-refractivity contribution is 1.36. The summed E-state index contributed by atoms with van der Waals surface area (Å²) in [5.41, 5.74) is 1.38. The van der Waals surface area contributed by atoms with Crippen molar-refractivity contribution in [3.8, 4) is 0 Å². The first-order valence-electron chi connectivity index (χ1n) is 1.87. The Bertz CT molecular complexity index is 41.9. The Kier molecular flexibility index (Phi) is 7.72. The summed E-state index contributed by atoms with van der Waals surface area (Å²) in [5, 5.41) is 0. The molecule has 4 radical (unpaired) electrons. The van der Waals surface area contributed by atoms with Crippen LogP contribution in [0.2, 0.25) is 0 Å². The van der Waals surface area contributed by atoms with Gasteiger partial charge in [0.1, 0.15) is 0 Å². The highest BCUT2D eigenvalue weighted by Crippen LogP contribution is 1.82. The molecular weight excluding hydrogens is 88.1 g/mol. The van der Waals surface area contributed by atoms with E-state index in [0.717, 1.165) is 0 Å². The summed E-state index contributed by atoms with van der Waals surface area (Å²) in [4.78, 5) is 0. The third-order valence-corrected chi connectivity index (χ3v) is 0.577. The summed E-state index contributed by atoms with van der Waals surface area (Å²) < 4.78 is 0. The Morgan fingerprint density at radius 3 is 1.50 bits per heavy atom. The van der Waals surface area contributed by atoms with Crippen LogP contribution >= 0.6 is 0 Å². The molecule has 0 aromatic heterocycles. The molecule has 0 saturated carbocycles. The lowest BCUT2D eigenvalue weighted by atomic mass is 10.3. The standard InChI is InChI=1S/C5H10.Si/c1-4-5(2)3;/h4H,1-3H3;. The molecule has 0 amide bonds. The zero-order valence-corrected chi connectivity index (χ0v) is 5.58. The largest absolute Gasteiger partial charge is 0.0890 e. The van der Waals surface area contributed by atoms with Crippen molar-refractivity contribution in [3.05, 3.63) is 11.6 Å². The predicted octanol–water partition coefficient (Wildman–Crippen LogP) is 1.59. The normalized spacial score (nSPS) is 5.83. The van der Waals surface area contributed by atoms with E-state index >= 15 is 0 Å². The molecule has 0 aromatic carbocycles. The monoisotopic (exact) mass is 98.1 g/mol. The van der Waals surface area contributed by atoms with Crippen LogP contribution in [0.25, 0.3) is 0 Å². The van der Waals surface area contributed by atoms with Gasteiger partial charge in [0.15, 0.2) is 0 Å². The van der Waals surface area contributed by atoms with Crippen LogP contribution in [0.1, 0.15) is 20.8 Å². The SMILES string of the molecule is CC=C(C)C.[Si]. The minimum Gasteiger partial charge on any atom is -0.0890 e. The summed E-state index contributed by atoms with van der Waals surface area (Å²) in [5.74, 6) is 0. The minimum absolute atomic E-state index is 0. The quantitative estimate of drug-likeness (QED) is 0.319. The van der Waals surface area contributed by atoms with Gasteiger partial charge in [-0.2, -0.15) is 0 Å². The van der Waals surface area contributed by atoms with Crippen LogP contribution in [0, 0.1) is 0 Å². The lowest BCUT2D eigenvalue weighted by Gasteiger charge is -1.74. The number of allylic oxidation sites excluding steroid dienone is 2. The zero-order valence-electron chi connectivity index (χ0n) is 4.58. The van der Waals surface area contributed by atoms with Gasteiger partial charge in [-0.1, -0.05) is 11.6 Å². The van der Waals surface area contributed by atoms with Gasteiger partial charge in [0.25, 0.3) is 0 Å². The fraction of sp³-hybridized carbons (Fsp3) is 0.600. The first-order valence-corrected chi connectivity index (χ1v) is 1.87. The average molecular weight is 98.2 g/mol. The van der Waals surface area contributed by atoms with Gasteiger partial charge >= 0.3 is 0 Å². The molecule has 0 aliphatic carbocycles. The fourth-order valence-corrected chi connectivity index (χ4v) is 0. The van der Waals surface area contributed by atoms with E-state index in [-0.39, 0.29) is 11.0 Å². The van der Waals surface area contributed by atoms with Crippen molar-refractivity contribution in [2.24, 2.45) is 0 Å². The van der Waals surface area contributed by atoms with E-state index in [4.69, 9.17) is 0 Å². The van der Waals surface area contributed by atoms with Gasteiger partial charge < -0.3 is 0 Å². The third-order valence-electron chi connectivity index (χ3n) is 0.577. The molecule has 34 valence electrons. The second-order valence-electron chi connectivity index (χ2n) is 1.37. The van der Waals surface area contributed by atoms with Gasteiger partial charge in [-0.3, -0.25) is 0 Å². The van der Waals surface area contributed by atoms with Crippen LogP contribution in [0.3, 0.4) is 0 Å². The van der Waals surface area contributed by atoms with E-state index in [1.807, 2.05) is 6.92 Å². The Hall–Kier alpha value is -0.0431. The molecule has 0 rings (SSSR count). The Balaban J connectivity index is 0. The highest BCUT2D eigenvalue weighted by atomic mass is 28.1. The van der Waals surface area contributed by atoms with Gasteiger partial charge in [0.2, 0.25) is 0 Å². The Morgan fingerprint density at radius 1 is 1.33 bits per heavy atom. The molecule has 0 fully saturated rings. The van der Waals surface area contributed by atoms with Crippen LogP contribution in [-0.4, -0.2) is 11.0 Å². The summed E-state index contributed by atoms with van der Waals surface area (Å²) in [7, 11) is 0. The maximum absolute atomic E-state index is 2.08. The smallest absolute Gasteiger partial charge is 0 e. The van der Waals surface area contributed by atoms with Crippen molar-refractivity contribution in [1.29, 1.82) is 0 Å². The molecule has 0 N–H and O–H groups in total. The highest BCUT2D eigenvalue weighted by Gasteiger charge is 1.60. The van der Waals surface area contributed by atoms with Gasteiger partial charge in [-0.05, 0) is 20.8 Å². The lowest BCUT2D eigenvalue weighted by Crippen LogP contribution is -1.52. The zero-order chi connectivity index (χ0) is 4.28. The first kappa shape index (κ1) is 9.35. The molecule has 6 heavy (non-hydrogen) atoms. The molecule has 0 saturated heterocycles. The molecule has 0 aromatic rings. The van der Waals surface area contributed by atoms with Gasteiger partial charge in [-0.15, -0.1) is 0 Å². The molecule has 1 heteroatoms. The van der Waals surface area contributed by atoms with E-state index in [0.29, 0.717) is 0 Å². The van der Waals surface area contributed by atoms with Crippen molar-refractivity contribution in [2.75, 3.05) is 0 Å². The molecule has 0 heterocycles. The summed E-state index contributed by atoms with van der Waals surface area (Å²) in [6, 6.07) is 0. The Labute approximate surface area is 44.3 Å². The van der Waals surface area contributed by atoms with Crippen LogP contribution in [-0.2, 0) is 0 Å². The van der Waals surface area contributed by atoms with Gasteiger partial charge in [0.05, 0.1) is 0 Å².